The second kappa shape index (κ2) is 5.99. The van der Waals surface area contributed by atoms with Crippen LogP contribution in [-0.2, 0) is 14.8 Å². The zero-order valence-corrected chi connectivity index (χ0v) is 15.5. The molecule has 0 amide bonds. The van der Waals surface area contributed by atoms with Crippen LogP contribution in [0.5, 0.6) is 0 Å². The zero-order chi connectivity index (χ0) is 18.5. The van der Waals surface area contributed by atoms with Gasteiger partial charge in [-0.1, -0.05) is 35.9 Å². The summed E-state index contributed by atoms with van der Waals surface area (Å²) in [6.07, 6.45) is 3.30. The van der Waals surface area contributed by atoms with Crippen molar-refractivity contribution in [3.8, 4) is 0 Å². The first-order valence-electron chi connectivity index (χ1n) is 8.52. The van der Waals surface area contributed by atoms with E-state index in [1.165, 1.54) is 10.4 Å². The molecular formula is C20H20N2O3S. The molecule has 2 aliphatic rings. The molecule has 134 valence electrons. The van der Waals surface area contributed by atoms with Crippen LogP contribution in [0.25, 0.3) is 0 Å². The van der Waals surface area contributed by atoms with Gasteiger partial charge in [-0.2, -0.15) is 0 Å². The van der Waals surface area contributed by atoms with Crippen molar-refractivity contribution in [3.63, 3.8) is 0 Å². The highest BCUT2D eigenvalue weighted by molar-refractivity contribution is 7.92. The quantitative estimate of drug-likeness (QED) is 0.818. The number of sulfonamides is 1. The number of anilines is 1. The standard InChI is InChI=1S/C20H20N2O3S/c1-14-7-9-15(10-8-14)26(24,25)22-13-17-19(23)11-12-21(2)20(17)16-5-3-4-6-18(16)22/h3-12,17,20H,13H2,1-2H3/t17-,20-/m0/s1. The summed E-state index contributed by atoms with van der Waals surface area (Å²) in [4.78, 5) is 14.7. The van der Waals surface area contributed by atoms with E-state index in [2.05, 4.69) is 0 Å². The monoisotopic (exact) mass is 368 g/mol. The number of rotatable bonds is 2. The van der Waals surface area contributed by atoms with Crippen molar-refractivity contribution in [2.45, 2.75) is 17.9 Å². The van der Waals surface area contributed by atoms with Crippen molar-refractivity contribution in [3.05, 3.63) is 71.9 Å². The third kappa shape index (κ3) is 2.52. The molecule has 2 heterocycles. The second-order valence-corrected chi connectivity index (χ2v) is 8.71. The van der Waals surface area contributed by atoms with Crippen molar-refractivity contribution in [2.24, 2.45) is 5.92 Å². The minimum Gasteiger partial charge on any atom is -0.372 e. The van der Waals surface area contributed by atoms with E-state index in [1.54, 1.807) is 30.5 Å². The summed E-state index contributed by atoms with van der Waals surface area (Å²) >= 11 is 0. The molecule has 0 radical (unpaired) electrons. The third-order valence-corrected chi connectivity index (χ3v) is 6.95. The van der Waals surface area contributed by atoms with Crippen LogP contribution in [0.15, 0.2) is 65.7 Å². The number of carbonyl (C=O) groups is 1. The van der Waals surface area contributed by atoms with Crippen molar-refractivity contribution in [2.75, 3.05) is 17.9 Å². The van der Waals surface area contributed by atoms with E-state index in [0.29, 0.717) is 5.69 Å². The van der Waals surface area contributed by atoms with Gasteiger partial charge in [-0.05, 0) is 36.8 Å². The number of benzene rings is 2. The van der Waals surface area contributed by atoms with Crippen LogP contribution in [0.1, 0.15) is 17.2 Å². The van der Waals surface area contributed by atoms with Crippen LogP contribution in [0.4, 0.5) is 5.69 Å². The lowest BCUT2D eigenvalue weighted by Gasteiger charge is -2.44. The molecule has 0 aliphatic carbocycles. The van der Waals surface area contributed by atoms with Crippen molar-refractivity contribution in [1.82, 2.24) is 4.90 Å². The molecule has 26 heavy (non-hydrogen) atoms. The first-order chi connectivity index (χ1) is 12.4. The van der Waals surface area contributed by atoms with Gasteiger partial charge in [0.15, 0.2) is 5.78 Å². The number of fused-ring (bicyclic) bond motifs is 3. The minimum atomic E-state index is -3.75. The highest BCUT2D eigenvalue weighted by atomic mass is 32.2. The van der Waals surface area contributed by atoms with E-state index < -0.39 is 15.9 Å². The Morgan fingerprint density at radius 1 is 1.04 bits per heavy atom. The molecule has 0 spiro atoms. The number of para-hydroxylation sites is 1. The van der Waals surface area contributed by atoms with E-state index >= 15 is 0 Å². The molecule has 0 bridgehead atoms. The summed E-state index contributed by atoms with van der Waals surface area (Å²) in [5.74, 6) is -0.452. The van der Waals surface area contributed by atoms with Gasteiger partial charge >= 0.3 is 0 Å². The first-order valence-corrected chi connectivity index (χ1v) is 9.96. The van der Waals surface area contributed by atoms with Crippen LogP contribution in [0, 0.1) is 12.8 Å². The van der Waals surface area contributed by atoms with E-state index in [4.69, 9.17) is 0 Å². The summed E-state index contributed by atoms with van der Waals surface area (Å²) in [7, 11) is -1.83. The van der Waals surface area contributed by atoms with Crippen LogP contribution in [0.3, 0.4) is 0 Å². The maximum Gasteiger partial charge on any atom is 0.264 e. The molecule has 0 aromatic heterocycles. The smallest absolute Gasteiger partial charge is 0.264 e. The number of allylic oxidation sites excluding steroid dienone is 1. The summed E-state index contributed by atoms with van der Waals surface area (Å²) in [6, 6.07) is 14.1. The van der Waals surface area contributed by atoms with Gasteiger partial charge in [0.1, 0.15) is 0 Å². The normalized spacial score (nSPS) is 22.2. The molecule has 2 aliphatic heterocycles. The summed E-state index contributed by atoms with van der Waals surface area (Å²) in [5.41, 5.74) is 2.50. The molecule has 2 aromatic carbocycles. The van der Waals surface area contributed by atoms with Gasteiger partial charge in [0.25, 0.3) is 10.0 Å². The van der Waals surface area contributed by atoms with Gasteiger partial charge in [-0.15, -0.1) is 0 Å². The fourth-order valence-electron chi connectivity index (χ4n) is 3.78. The van der Waals surface area contributed by atoms with Crippen LogP contribution in [-0.4, -0.2) is 32.7 Å². The van der Waals surface area contributed by atoms with Crippen LogP contribution >= 0.6 is 0 Å². The minimum absolute atomic E-state index is 0.0355. The highest BCUT2D eigenvalue weighted by Gasteiger charge is 2.43. The summed E-state index contributed by atoms with van der Waals surface area (Å²) < 4.78 is 28.0. The largest absolute Gasteiger partial charge is 0.372 e. The number of ketones is 1. The van der Waals surface area contributed by atoms with E-state index in [-0.39, 0.29) is 23.3 Å². The fourth-order valence-corrected chi connectivity index (χ4v) is 5.30. The molecule has 5 nitrogen and oxygen atoms in total. The van der Waals surface area contributed by atoms with Gasteiger partial charge in [-0.25, -0.2) is 8.42 Å². The number of hydrogen-bond acceptors (Lipinski definition) is 4. The molecule has 0 unspecified atom stereocenters. The highest BCUT2D eigenvalue weighted by Crippen LogP contribution is 2.44. The predicted octanol–water partition coefficient (Wildman–Crippen LogP) is 2.89. The number of hydrogen-bond donors (Lipinski definition) is 0. The van der Waals surface area contributed by atoms with Gasteiger partial charge < -0.3 is 4.90 Å². The SMILES string of the molecule is Cc1ccc(S(=O)(=O)N2C[C@H]3C(=O)C=CN(C)[C@H]3c3ccccc32)cc1. The van der Waals surface area contributed by atoms with E-state index in [0.717, 1.165) is 11.1 Å². The average Bonchev–Trinajstić information content (AvgIpc) is 2.64. The Kier molecular flexibility index (Phi) is 3.88. The maximum atomic E-state index is 13.3. The Hall–Kier alpha value is -2.60. The number of carbonyl (C=O) groups excluding carboxylic acids is 1. The predicted molar refractivity (Wildman–Crippen MR) is 100 cm³/mol. The van der Waals surface area contributed by atoms with E-state index in [1.807, 2.05) is 43.1 Å². The van der Waals surface area contributed by atoms with Crippen molar-refractivity contribution < 1.29 is 13.2 Å². The Labute approximate surface area is 153 Å². The third-order valence-electron chi connectivity index (χ3n) is 5.15. The number of aryl methyl sites for hydroxylation is 1. The molecule has 0 saturated heterocycles. The lowest BCUT2D eigenvalue weighted by atomic mass is 9.83. The van der Waals surface area contributed by atoms with Crippen molar-refractivity contribution in [1.29, 1.82) is 0 Å². The van der Waals surface area contributed by atoms with Gasteiger partial charge in [0, 0.05) is 19.8 Å². The Morgan fingerprint density at radius 3 is 2.46 bits per heavy atom. The summed E-state index contributed by atoms with van der Waals surface area (Å²) in [6.45, 7) is 2.06. The fraction of sp³-hybridized carbons (Fsp3) is 0.250. The maximum absolute atomic E-state index is 13.3. The zero-order valence-electron chi connectivity index (χ0n) is 14.7. The molecule has 4 rings (SSSR count). The van der Waals surface area contributed by atoms with Crippen molar-refractivity contribution >= 4 is 21.5 Å². The Bertz CT molecular complexity index is 996. The molecule has 2 atom stereocenters. The van der Waals surface area contributed by atoms with Gasteiger partial charge in [-0.3, -0.25) is 9.10 Å². The molecule has 0 saturated carbocycles. The summed E-state index contributed by atoms with van der Waals surface area (Å²) in [5, 5.41) is 0. The average molecular weight is 368 g/mol. The molecule has 0 fully saturated rings. The van der Waals surface area contributed by atoms with Crippen LogP contribution in [0.2, 0.25) is 0 Å². The first kappa shape index (κ1) is 16.8. The number of nitrogens with zero attached hydrogens (tertiary/aromatic N) is 2. The molecular weight excluding hydrogens is 348 g/mol. The molecule has 6 heteroatoms. The van der Waals surface area contributed by atoms with Crippen LogP contribution < -0.4 is 4.31 Å². The second-order valence-electron chi connectivity index (χ2n) is 6.84. The Balaban J connectivity index is 1.86. The Morgan fingerprint density at radius 2 is 1.73 bits per heavy atom. The van der Waals surface area contributed by atoms with E-state index in [9.17, 15) is 13.2 Å². The van der Waals surface area contributed by atoms with Gasteiger partial charge in [0.05, 0.1) is 22.5 Å². The molecule has 2 aromatic rings. The lowest BCUT2D eigenvalue weighted by Crippen LogP contribution is -2.48. The molecule has 0 N–H and O–H groups in total. The lowest BCUT2D eigenvalue weighted by molar-refractivity contribution is -0.120. The van der Waals surface area contributed by atoms with Gasteiger partial charge in [0.2, 0.25) is 0 Å². The topological polar surface area (TPSA) is 57.7 Å².